The number of hydrogen-bond donors (Lipinski definition) is 1. The summed E-state index contributed by atoms with van der Waals surface area (Å²) in [5, 5.41) is 10.9. The number of ketones is 1. The second-order valence-electron chi connectivity index (χ2n) is 6.57. The van der Waals surface area contributed by atoms with E-state index in [9.17, 15) is 4.79 Å². The quantitative estimate of drug-likeness (QED) is 0.797. The average molecular weight is 392 g/mol. The summed E-state index contributed by atoms with van der Waals surface area (Å²) in [6, 6.07) is 7.60. The highest BCUT2D eigenvalue weighted by atomic mass is 35.5. The van der Waals surface area contributed by atoms with Gasteiger partial charge >= 0.3 is 0 Å². The SMILES string of the molecule is CC(=O)c1ccccc1C1CC(c2csc(C3CCNCC3)n2)=NO1.Cl. The van der Waals surface area contributed by atoms with Crippen molar-refractivity contribution in [3.05, 3.63) is 51.5 Å². The van der Waals surface area contributed by atoms with E-state index in [1.165, 1.54) is 5.01 Å². The first-order valence-electron chi connectivity index (χ1n) is 8.71. The van der Waals surface area contributed by atoms with Crippen LogP contribution in [0, 0.1) is 0 Å². The van der Waals surface area contributed by atoms with E-state index < -0.39 is 0 Å². The van der Waals surface area contributed by atoms with Gasteiger partial charge in [-0.1, -0.05) is 29.4 Å². The van der Waals surface area contributed by atoms with Gasteiger partial charge in [0.05, 0.1) is 10.7 Å². The van der Waals surface area contributed by atoms with Crippen molar-refractivity contribution < 1.29 is 9.63 Å². The van der Waals surface area contributed by atoms with Crippen LogP contribution in [0.2, 0.25) is 0 Å². The summed E-state index contributed by atoms with van der Waals surface area (Å²) in [5.74, 6) is 0.603. The molecular formula is C19H22ClN3O2S. The highest BCUT2D eigenvalue weighted by Crippen LogP contribution is 2.33. The van der Waals surface area contributed by atoms with Crippen molar-refractivity contribution in [3.8, 4) is 0 Å². The average Bonchev–Trinajstić information content (AvgIpc) is 3.32. The summed E-state index contributed by atoms with van der Waals surface area (Å²) >= 11 is 1.72. The predicted octanol–water partition coefficient (Wildman–Crippen LogP) is 4.10. The summed E-state index contributed by atoms with van der Waals surface area (Å²) in [7, 11) is 0. The van der Waals surface area contributed by atoms with Crippen LogP contribution in [0.4, 0.5) is 0 Å². The maximum Gasteiger partial charge on any atom is 0.160 e. The Balaban J connectivity index is 0.00000196. The van der Waals surface area contributed by atoms with Gasteiger partial charge in [0.2, 0.25) is 0 Å². The molecule has 2 aliphatic rings. The maximum atomic E-state index is 11.8. The van der Waals surface area contributed by atoms with Crippen molar-refractivity contribution in [1.29, 1.82) is 0 Å². The van der Waals surface area contributed by atoms with Crippen molar-refractivity contribution in [2.45, 2.75) is 38.2 Å². The summed E-state index contributed by atoms with van der Waals surface area (Å²) in [6.45, 7) is 3.71. The van der Waals surface area contributed by atoms with Crippen LogP contribution in [-0.2, 0) is 4.84 Å². The lowest BCUT2D eigenvalue weighted by molar-refractivity contribution is 0.0832. The molecule has 5 nitrogen and oxygen atoms in total. The molecular weight excluding hydrogens is 370 g/mol. The molecule has 0 radical (unpaired) electrons. The van der Waals surface area contributed by atoms with Crippen molar-refractivity contribution >= 4 is 35.2 Å². The Bertz CT molecular complexity index is 815. The van der Waals surface area contributed by atoms with E-state index in [1.54, 1.807) is 18.3 Å². The molecule has 1 fully saturated rings. The molecule has 1 atom stereocenters. The lowest BCUT2D eigenvalue weighted by Crippen LogP contribution is -2.26. The zero-order valence-corrected chi connectivity index (χ0v) is 16.2. The Labute approximate surface area is 163 Å². The van der Waals surface area contributed by atoms with E-state index in [1.807, 2.05) is 24.3 Å². The standard InChI is InChI=1S/C19H21N3O2S.ClH/c1-12(23)14-4-2-3-5-15(14)18-10-16(22-24-18)17-11-25-19(21-17)13-6-8-20-9-7-13;/h2-5,11,13,18,20H,6-10H2,1H3;1H. The summed E-state index contributed by atoms with van der Waals surface area (Å²) in [6.07, 6.45) is 2.73. The van der Waals surface area contributed by atoms with Crippen molar-refractivity contribution in [3.63, 3.8) is 0 Å². The number of benzene rings is 1. The first-order chi connectivity index (χ1) is 12.2. The predicted molar refractivity (Wildman–Crippen MR) is 106 cm³/mol. The zero-order valence-electron chi connectivity index (χ0n) is 14.6. The van der Waals surface area contributed by atoms with E-state index in [-0.39, 0.29) is 24.3 Å². The number of nitrogens with zero attached hydrogens (tertiary/aromatic N) is 2. The van der Waals surface area contributed by atoms with Gasteiger partial charge in [-0.3, -0.25) is 4.79 Å². The molecule has 1 N–H and O–H groups in total. The molecule has 1 aromatic heterocycles. The van der Waals surface area contributed by atoms with Crippen LogP contribution in [0.15, 0.2) is 34.8 Å². The van der Waals surface area contributed by atoms with Crippen LogP contribution in [-0.4, -0.2) is 29.6 Å². The van der Waals surface area contributed by atoms with Crippen LogP contribution in [0.5, 0.6) is 0 Å². The number of thiazole rings is 1. The van der Waals surface area contributed by atoms with Crippen LogP contribution < -0.4 is 5.32 Å². The van der Waals surface area contributed by atoms with Gasteiger partial charge in [-0.05, 0) is 32.9 Å². The highest BCUT2D eigenvalue weighted by Gasteiger charge is 2.28. The van der Waals surface area contributed by atoms with E-state index >= 15 is 0 Å². The molecule has 2 aliphatic heterocycles. The summed E-state index contributed by atoms with van der Waals surface area (Å²) in [5.41, 5.74) is 3.40. The fraction of sp³-hybridized carbons (Fsp3) is 0.421. The fourth-order valence-electron chi connectivity index (χ4n) is 3.47. The van der Waals surface area contributed by atoms with Gasteiger partial charge in [0.25, 0.3) is 0 Å². The molecule has 0 saturated carbocycles. The van der Waals surface area contributed by atoms with Crippen LogP contribution in [0.3, 0.4) is 0 Å². The largest absolute Gasteiger partial charge is 0.387 e. The Morgan fingerprint density at radius 2 is 2.04 bits per heavy atom. The molecule has 0 bridgehead atoms. The molecule has 0 spiro atoms. The maximum absolute atomic E-state index is 11.8. The number of hydrogen-bond acceptors (Lipinski definition) is 6. The number of halogens is 1. The number of carbonyl (C=O) groups is 1. The smallest absolute Gasteiger partial charge is 0.160 e. The Morgan fingerprint density at radius 3 is 2.81 bits per heavy atom. The van der Waals surface area contributed by atoms with E-state index in [4.69, 9.17) is 9.82 Å². The van der Waals surface area contributed by atoms with E-state index in [0.717, 1.165) is 42.9 Å². The second-order valence-corrected chi connectivity index (χ2v) is 7.46. The minimum absolute atomic E-state index is 0. The molecule has 1 unspecified atom stereocenters. The van der Waals surface area contributed by atoms with Crippen LogP contribution >= 0.6 is 23.7 Å². The number of carbonyl (C=O) groups excluding carboxylic acids is 1. The van der Waals surface area contributed by atoms with Gasteiger partial charge in [0, 0.05) is 28.8 Å². The number of piperidine rings is 1. The third kappa shape index (κ3) is 3.82. The molecule has 1 saturated heterocycles. The summed E-state index contributed by atoms with van der Waals surface area (Å²) < 4.78 is 0. The number of aromatic nitrogens is 1. The number of nitrogens with one attached hydrogen (secondary N) is 1. The first-order valence-corrected chi connectivity index (χ1v) is 9.59. The monoisotopic (exact) mass is 391 g/mol. The van der Waals surface area contributed by atoms with Crippen molar-refractivity contribution in [2.24, 2.45) is 5.16 Å². The Kier molecular flexibility index (Phi) is 6.06. The first kappa shape index (κ1) is 19.0. The number of oxime groups is 1. The Hall–Kier alpha value is -1.76. The molecule has 0 amide bonds. The highest BCUT2D eigenvalue weighted by molar-refractivity contribution is 7.10. The van der Waals surface area contributed by atoms with Gasteiger partial charge in [-0.2, -0.15) is 0 Å². The van der Waals surface area contributed by atoms with Crippen molar-refractivity contribution in [1.82, 2.24) is 10.3 Å². The van der Waals surface area contributed by atoms with E-state index in [0.29, 0.717) is 17.9 Å². The molecule has 1 aromatic carbocycles. The normalized spacial score (nSPS) is 20.2. The third-order valence-corrected chi connectivity index (χ3v) is 5.87. The van der Waals surface area contributed by atoms with Crippen LogP contribution in [0.1, 0.15) is 64.8 Å². The lowest BCUT2D eigenvalue weighted by atomic mass is 9.96. The molecule has 138 valence electrons. The van der Waals surface area contributed by atoms with Gasteiger partial charge in [-0.25, -0.2) is 4.98 Å². The van der Waals surface area contributed by atoms with Gasteiger partial charge in [0.15, 0.2) is 11.9 Å². The second kappa shape index (κ2) is 8.29. The van der Waals surface area contributed by atoms with E-state index in [2.05, 4.69) is 15.9 Å². The minimum atomic E-state index is -0.209. The fourth-order valence-corrected chi connectivity index (χ4v) is 4.47. The van der Waals surface area contributed by atoms with Gasteiger partial charge in [-0.15, -0.1) is 23.7 Å². The minimum Gasteiger partial charge on any atom is -0.387 e. The Morgan fingerprint density at radius 1 is 1.27 bits per heavy atom. The van der Waals surface area contributed by atoms with Crippen molar-refractivity contribution in [2.75, 3.05) is 13.1 Å². The molecule has 4 rings (SSSR count). The topological polar surface area (TPSA) is 63.6 Å². The number of rotatable bonds is 4. The van der Waals surface area contributed by atoms with Gasteiger partial charge in [0.1, 0.15) is 5.71 Å². The summed E-state index contributed by atoms with van der Waals surface area (Å²) in [4.78, 5) is 22.3. The molecule has 0 aliphatic carbocycles. The molecule has 26 heavy (non-hydrogen) atoms. The lowest BCUT2D eigenvalue weighted by Gasteiger charge is -2.20. The molecule has 7 heteroatoms. The molecule has 3 heterocycles. The third-order valence-electron chi connectivity index (χ3n) is 4.86. The zero-order chi connectivity index (χ0) is 17.2. The van der Waals surface area contributed by atoms with Crippen LogP contribution in [0.25, 0.3) is 0 Å². The number of Topliss-reactive ketones (excluding diaryl/α,β-unsaturated/α-hetero) is 1. The molecule has 2 aromatic rings. The van der Waals surface area contributed by atoms with Gasteiger partial charge < -0.3 is 10.2 Å².